The highest BCUT2D eigenvalue weighted by Gasteiger charge is 2.27. The van der Waals surface area contributed by atoms with E-state index in [2.05, 4.69) is 0 Å². The molecule has 0 unspecified atom stereocenters. The maximum absolute atomic E-state index is 12.2. The summed E-state index contributed by atoms with van der Waals surface area (Å²) in [5.74, 6) is 0. The van der Waals surface area contributed by atoms with Gasteiger partial charge in [0.2, 0.25) is 0 Å². The molecule has 2 N–H and O–H groups in total. The first kappa shape index (κ1) is 15.0. The molecule has 0 aliphatic carbocycles. The van der Waals surface area contributed by atoms with Crippen molar-refractivity contribution in [3.05, 3.63) is 35.4 Å². The molecule has 0 fully saturated rings. The van der Waals surface area contributed by atoms with Gasteiger partial charge < -0.3 is 5.73 Å². The molecule has 0 spiro atoms. The van der Waals surface area contributed by atoms with Crippen LogP contribution in [0.25, 0.3) is 0 Å². The maximum atomic E-state index is 12.2. The van der Waals surface area contributed by atoms with E-state index in [1.165, 1.54) is 0 Å². The van der Waals surface area contributed by atoms with E-state index in [0.717, 1.165) is 11.1 Å². The van der Waals surface area contributed by atoms with Crippen LogP contribution in [-0.2, 0) is 13.1 Å². The first-order valence-corrected chi connectivity index (χ1v) is 6.02. The zero-order valence-corrected chi connectivity index (χ0v) is 10.5. The first-order chi connectivity index (χ1) is 8.46. The molecule has 0 amide bonds. The van der Waals surface area contributed by atoms with Gasteiger partial charge in [-0.05, 0) is 17.7 Å². The monoisotopic (exact) mass is 260 g/mol. The van der Waals surface area contributed by atoms with E-state index >= 15 is 0 Å². The predicted octanol–water partition coefficient (Wildman–Crippen LogP) is 2.92. The summed E-state index contributed by atoms with van der Waals surface area (Å²) in [7, 11) is 0. The predicted molar refractivity (Wildman–Crippen MR) is 66.0 cm³/mol. The average Bonchev–Trinajstić information content (AvgIpc) is 2.33. The summed E-state index contributed by atoms with van der Waals surface area (Å²) < 4.78 is 36.6. The Kier molecular flexibility index (Phi) is 5.62. The number of hydrogen-bond donors (Lipinski definition) is 1. The summed E-state index contributed by atoms with van der Waals surface area (Å²) in [6.45, 7) is 3.41. The summed E-state index contributed by atoms with van der Waals surface area (Å²) in [4.78, 5) is 1.78. The van der Waals surface area contributed by atoms with Gasteiger partial charge in [-0.2, -0.15) is 13.2 Å². The van der Waals surface area contributed by atoms with Crippen molar-refractivity contribution < 1.29 is 13.2 Å². The fraction of sp³-hybridized carbons (Fsp3) is 0.538. The lowest BCUT2D eigenvalue weighted by Gasteiger charge is -2.22. The van der Waals surface area contributed by atoms with Crippen molar-refractivity contribution in [1.29, 1.82) is 0 Å². The number of rotatable bonds is 6. The third kappa shape index (κ3) is 5.06. The lowest BCUT2D eigenvalue weighted by Crippen LogP contribution is -2.28. The molecule has 0 aliphatic rings. The molecule has 0 atom stereocenters. The molecule has 102 valence electrons. The van der Waals surface area contributed by atoms with Crippen LogP contribution in [0.4, 0.5) is 13.2 Å². The molecule has 1 aromatic carbocycles. The molecule has 0 bridgehead atoms. The van der Waals surface area contributed by atoms with E-state index in [4.69, 9.17) is 5.73 Å². The Morgan fingerprint density at radius 2 is 1.78 bits per heavy atom. The largest absolute Gasteiger partial charge is 0.390 e. The van der Waals surface area contributed by atoms with Gasteiger partial charge in [-0.1, -0.05) is 31.2 Å². The zero-order chi connectivity index (χ0) is 13.6. The molecule has 0 saturated heterocycles. The molecule has 0 radical (unpaired) electrons. The van der Waals surface area contributed by atoms with Crippen LogP contribution in [0.5, 0.6) is 0 Å². The minimum Gasteiger partial charge on any atom is -0.326 e. The van der Waals surface area contributed by atoms with Crippen LogP contribution < -0.4 is 5.73 Å². The number of halogens is 3. The molecule has 0 saturated carbocycles. The van der Waals surface area contributed by atoms with Crippen molar-refractivity contribution in [2.24, 2.45) is 5.73 Å². The van der Waals surface area contributed by atoms with E-state index in [0.29, 0.717) is 19.6 Å². The topological polar surface area (TPSA) is 29.3 Å². The summed E-state index contributed by atoms with van der Waals surface area (Å²) in [5, 5.41) is 0. The van der Waals surface area contributed by atoms with Gasteiger partial charge >= 0.3 is 6.18 Å². The molecule has 0 heterocycles. The standard InChI is InChI=1S/C13H19F3N2/c1-2-18(8-7-13(14,15)16)10-12-6-4-3-5-11(12)9-17/h3-6H,2,7-10,17H2,1H3. The second-order valence-corrected chi connectivity index (χ2v) is 4.21. The lowest BCUT2D eigenvalue weighted by atomic mass is 10.1. The van der Waals surface area contributed by atoms with Crippen LogP contribution in [0.1, 0.15) is 24.5 Å². The van der Waals surface area contributed by atoms with Crippen molar-refractivity contribution in [3.63, 3.8) is 0 Å². The quantitative estimate of drug-likeness (QED) is 0.852. The number of hydrogen-bond acceptors (Lipinski definition) is 2. The van der Waals surface area contributed by atoms with Crippen LogP contribution in [0.2, 0.25) is 0 Å². The summed E-state index contributed by atoms with van der Waals surface area (Å²) in [6, 6.07) is 7.59. The molecule has 5 heteroatoms. The highest BCUT2D eigenvalue weighted by atomic mass is 19.4. The second kappa shape index (κ2) is 6.75. The maximum Gasteiger partial charge on any atom is 0.390 e. The summed E-state index contributed by atoms with van der Waals surface area (Å²) in [5.41, 5.74) is 7.61. The molecular formula is C13H19F3N2. The van der Waals surface area contributed by atoms with Crippen molar-refractivity contribution in [2.45, 2.75) is 32.6 Å². The lowest BCUT2D eigenvalue weighted by molar-refractivity contribution is -0.138. The summed E-state index contributed by atoms with van der Waals surface area (Å²) >= 11 is 0. The van der Waals surface area contributed by atoms with Crippen LogP contribution in [-0.4, -0.2) is 24.2 Å². The fourth-order valence-corrected chi connectivity index (χ4v) is 1.79. The van der Waals surface area contributed by atoms with Crippen molar-refractivity contribution in [2.75, 3.05) is 13.1 Å². The van der Waals surface area contributed by atoms with E-state index in [9.17, 15) is 13.2 Å². The van der Waals surface area contributed by atoms with E-state index < -0.39 is 12.6 Å². The molecule has 1 rings (SSSR count). The normalized spacial score (nSPS) is 12.1. The third-order valence-electron chi connectivity index (χ3n) is 2.89. The number of nitrogens with zero attached hydrogens (tertiary/aromatic N) is 1. The van der Waals surface area contributed by atoms with Gasteiger partial charge in [0.25, 0.3) is 0 Å². The van der Waals surface area contributed by atoms with Gasteiger partial charge in [0.15, 0.2) is 0 Å². The second-order valence-electron chi connectivity index (χ2n) is 4.21. The Hall–Kier alpha value is -1.07. The summed E-state index contributed by atoms with van der Waals surface area (Å²) in [6.07, 6.45) is -4.87. The number of benzene rings is 1. The van der Waals surface area contributed by atoms with E-state index in [-0.39, 0.29) is 6.54 Å². The molecule has 0 aliphatic heterocycles. The molecule has 2 nitrogen and oxygen atoms in total. The van der Waals surface area contributed by atoms with Crippen LogP contribution in [0.3, 0.4) is 0 Å². The van der Waals surface area contributed by atoms with Crippen molar-refractivity contribution in [1.82, 2.24) is 4.90 Å². The zero-order valence-electron chi connectivity index (χ0n) is 10.5. The smallest absolute Gasteiger partial charge is 0.326 e. The number of nitrogens with two attached hydrogens (primary N) is 1. The van der Waals surface area contributed by atoms with Gasteiger partial charge in [-0.3, -0.25) is 4.90 Å². The number of alkyl halides is 3. The third-order valence-corrected chi connectivity index (χ3v) is 2.89. The van der Waals surface area contributed by atoms with Gasteiger partial charge in [0.1, 0.15) is 0 Å². The molecule has 0 aromatic heterocycles. The average molecular weight is 260 g/mol. The minimum absolute atomic E-state index is 0.0267. The molecular weight excluding hydrogens is 241 g/mol. The van der Waals surface area contributed by atoms with Gasteiger partial charge in [0, 0.05) is 19.6 Å². The van der Waals surface area contributed by atoms with Crippen LogP contribution >= 0.6 is 0 Å². The highest BCUT2D eigenvalue weighted by Crippen LogP contribution is 2.20. The SMILES string of the molecule is CCN(CCC(F)(F)F)Cc1ccccc1CN. The van der Waals surface area contributed by atoms with E-state index in [1.54, 1.807) is 4.90 Å². The minimum atomic E-state index is -4.10. The highest BCUT2D eigenvalue weighted by molar-refractivity contribution is 5.26. The molecule has 1 aromatic rings. The van der Waals surface area contributed by atoms with Gasteiger partial charge in [-0.25, -0.2) is 0 Å². The van der Waals surface area contributed by atoms with Gasteiger partial charge in [0.05, 0.1) is 6.42 Å². The van der Waals surface area contributed by atoms with Gasteiger partial charge in [-0.15, -0.1) is 0 Å². The van der Waals surface area contributed by atoms with Crippen molar-refractivity contribution >= 4 is 0 Å². The Morgan fingerprint density at radius 1 is 1.17 bits per heavy atom. The van der Waals surface area contributed by atoms with Crippen molar-refractivity contribution in [3.8, 4) is 0 Å². The molecule has 18 heavy (non-hydrogen) atoms. The Balaban J connectivity index is 2.62. The first-order valence-electron chi connectivity index (χ1n) is 6.02. The Morgan fingerprint density at radius 3 is 2.28 bits per heavy atom. The Bertz CT molecular complexity index is 363. The van der Waals surface area contributed by atoms with Crippen LogP contribution in [0.15, 0.2) is 24.3 Å². The fourth-order valence-electron chi connectivity index (χ4n) is 1.79. The Labute approximate surface area is 106 Å². The van der Waals surface area contributed by atoms with Crippen LogP contribution in [0, 0.1) is 0 Å². The van der Waals surface area contributed by atoms with E-state index in [1.807, 2.05) is 31.2 Å².